The molecule has 0 atom stereocenters. The minimum absolute atomic E-state index is 0.0315. The molecule has 2 saturated heterocycles. The Kier molecular flexibility index (Phi) is 4.28. The van der Waals surface area contributed by atoms with Crippen molar-refractivity contribution in [3.8, 4) is 0 Å². The van der Waals surface area contributed by atoms with Crippen LogP contribution in [0.2, 0.25) is 0 Å². The Morgan fingerprint density at radius 1 is 1.26 bits per heavy atom. The van der Waals surface area contributed by atoms with Gasteiger partial charge in [0, 0.05) is 26.2 Å². The quantitative estimate of drug-likeness (QED) is 0.929. The molecule has 1 saturated carbocycles. The van der Waals surface area contributed by atoms with Crippen LogP contribution in [0.3, 0.4) is 0 Å². The summed E-state index contributed by atoms with van der Waals surface area (Å²) in [6.45, 7) is 1.01. The highest BCUT2D eigenvalue weighted by Gasteiger charge is 2.51. The molecule has 2 amide bonds. The van der Waals surface area contributed by atoms with Crippen LogP contribution in [0.4, 0.5) is 4.79 Å². The second-order valence-corrected chi connectivity index (χ2v) is 6.88. The zero-order valence-corrected chi connectivity index (χ0v) is 13.6. The number of hydrogen-bond donors (Lipinski definition) is 1. The van der Waals surface area contributed by atoms with Gasteiger partial charge in [0.05, 0.1) is 5.41 Å². The summed E-state index contributed by atoms with van der Waals surface area (Å²) < 4.78 is 0. The normalized spacial score (nSPS) is 26.1. The summed E-state index contributed by atoms with van der Waals surface area (Å²) in [6, 6.07) is 10.3. The van der Waals surface area contributed by atoms with Crippen molar-refractivity contribution < 1.29 is 14.7 Å². The van der Waals surface area contributed by atoms with E-state index in [0.29, 0.717) is 25.9 Å². The van der Waals surface area contributed by atoms with Crippen LogP contribution in [0.25, 0.3) is 0 Å². The van der Waals surface area contributed by atoms with Crippen molar-refractivity contribution in [2.45, 2.75) is 38.1 Å². The Hall–Kier alpha value is -2.04. The highest BCUT2D eigenvalue weighted by molar-refractivity contribution is 5.79. The highest BCUT2D eigenvalue weighted by atomic mass is 16.4. The molecule has 1 aromatic rings. The van der Waals surface area contributed by atoms with Crippen molar-refractivity contribution in [1.29, 1.82) is 0 Å². The van der Waals surface area contributed by atoms with Crippen molar-refractivity contribution in [3.63, 3.8) is 0 Å². The van der Waals surface area contributed by atoms with E-state index in [1.54, 1.807) is 16.8 Å². The molecule has 2 bridgehead atoms. The number of likely N-dealkylation sites (N-methyl/N-ethyl adjacent to an activating group) is 1. The largest absolute Gasteiger partial charge is 0.481 e. The van der Waals surface area contributed by atoms with Crippen LogP contribution in [0.5, 0.6) is 0 Å². The molecule has 0 aromatic heterocycles. The molecule has 4 rings (SSSR count). The summed E-state index contributed by atoms with van der Waals surface area (Å²) >= 11 is 0. The fourth-order valence-electron chi connectivity index (χ4n) is 3.84. The van der Waals surface area contributed by atoms with E-state index < -0.39 is 11.4 Å². The van der Waals surface area contributed by atoms with Crippen LogP contribution in [0, 0.1) is 5.41 Å². The number of hydrogen-bond acceptors (Lipinski definition) is 2. The molecule has 2 aliphatic heterocycles. The number of rotatable bonds is 4. The second kappa shape index (κ2) is 6.22. The number of aliphatic carboxylic acids is 1. The van der Waals surface area contributed by atoms with Gasteiger partial charge < -0.3 is 14.9 Å². The molecule has 1 aromatic carbocycles. The number of piperidine rings is 2. The molecule has 0 unspecified atom stereocenters. The number of fused-ring (bicyclic) bond motifs is 3. The van der Waals surface area contributed by atoms with E-state index in [-0.39, 0.29) is 12.1 Å². The van der Waals surface area contributed by atoms with E-state index in [1.807, 2.05) is 18.2 Å². The maximum atomic E-state index is 12.7. The number of urea groups is 1. The van der Waals surface area contributed by atoms with Crippen molar-refractivity contribution in [3.05, 3.63) is 35.9 Å². The Bertz CT molecular complexity index is 579. The van der Waals surface area contributed by atoms with Crippen molar-refractivity contribution in [1.82, 2.24) is 9.80 Å². The first-order valence-corrected chi connectivity index (χ1v) is 8.31. The second-order valence-electron chi connectivity index (χ2n) is 6.88. The predicted molar refractivity (Wildman–Crippen MR) is 87.2 cm³/mol. The molecular formula is C18H24N2O3. The van der Waals surface area contributed by atoms with E-state index in [4.69, 9.17) is 0 Å². The Morgan fingerprint density at radius 3 is 2.52 bits per heavy atom. The zero-order chi connectivity index (χ0) is 16.4. The lowest BCUT2D eigenvalue weighted by molar-refractivity contribution is -0.157. The number of carboxylic acid groups (broad SMARTS) is 1. The number of amides is 2. The van der Waals surface area contributed by atoms with Crippen molar-refractivity contribution in [2.24, 2.45) is 5.41 Å². The van der Waals surface area contributed by atoms with E-state index >= 15 is 0 Å². The van der Waals surface area contributed by atoms with Crippen LogP contribution in [0.15, 0.2) is 30.3 Å². The van der Waals surface area contributed by atoms with Crippen LogP contribution in [-0.2, 0) is 11.2 Å². The molecule has 1 N–H and O–H groups in total. The lowest BCUT2D eigenvalue weighted by atomic mass is 9.68. The third kappa shape index (κ3) is 3.05. The van der Waals surface area contributed by atoms with Gasteiger partial charge in [-0.1, -0.05) is 30.3 Å². The maximum Gasteiger partial charge on any atom is 0.320 e. The van der Waals surface area contributed by atoms with Crippen molar-refractivity contribution in [2.75, 3.05) is 20.1 Å². The molecule has 2 heterocycles. The van der Waals surface area contributed by atoms with Gasteiger partial charge >= 0.3 is 12.0 Å². The molecule has 0 radical (unpaired) electrons. The molecule has 0 spiro atoms. The third-order valence-electron chi connectivity index (χ3n) is 5.43. The lowest BCUT2D eigenvalue weighted by Crippen LogP contribution is -2.61. The molecule has 23 heavy (non-hydrogen) atoms. The van der Waals surface area contributed by atoms with Crippen LogP contribution >= 0.6 is 0 Å². The van der Waals surface area contributed by atoms with Gasteiger partial charge in [-0.2, -0.15) is 0 Å². The molecule has 3 aliphatic rings. The first-order chi connectivity index (χ1) is 11.0. The monoisotopic (exact) mass is 316 g/mol. The SMILES string of the molecule is CN(CCc1ccccc1)C(=O)N1CC2(C(=O)O)CCC1CC2. The van der Waals surface area contributed by atoms with Crippen LogP contribution in [0.1, 0.15) is 31.2 Å². The van der Waals surface area contributed by atoms with Gasteiger partial charge in [-0.3, -0.25) is 4.79 Å². The number of benzene rings is 1. The Balaban J connectivity index is 1.62. The smallest absolute Gasteiger partial charge is 0.320 e. The number of carboxylic acids is 1. The van der Waals surface area contributed by atoms with Crippen LogP contribution < -0.4 is 0 Å². The summed E-state index contributed by atoms with van der Waals surface area (Å²) in [5, 5.41) is 9.55. The van der Waals surface area contributed by atoms with E-state index in [2.05, 4.69) is 12.1 Å². The molecule has 5 heteroatoms. The summed E-state index contributed by atoms with van der Waals surface area (Å²) in [4.78, 5) is 27.9. The zero-order valence-electron chi connectivity index (χ0n) is 13.6. The predicted octanol–water partition coefficient (Wildman–Crippen LogP) is 2.61. The van der Waals surface area contributed by atoms with E-state index in [0.717, 1.165) is 19.3 Å². The van der Waals surface area contributed by atoms with Gasteiger partial charge in [0.2, 0.25) is 0 Å². The fourth-order valence-corrected chi connectivity index (χ4v) is 3.84. The summed E-state index contributed by atoms with van der Waals surface area (Å²) in [6.07, 6.45) is 3.83. The molecule has 124 valence electrons. The molecular weight excluding hydrogens is 292 g/mol. The number of carbonyl (C=O) groups excluding carboxylic acids is 1. The van der Waals surface area contributed by atoms with Gasteiger partial charge in [-0.05, 0) is 37.7 Å². The van der Waals surface area contributed by atoms with Gasteiger partial charge in [-0.25, -0.2) is 4.79 Å². The first-order valence-electron chi connectivity index (χ1n) is 8.31. The van der Waals surface area contributed by atoms with E-state index in [9.17, 15) is 14.7 Å². The lowest BCUT2D eigenvalue weighted by Gasteiger charge is -2.51. The van der Waals surface area contributed by atoms with Gasteiger partial charge in [-0.15, -0.1) is 0 Å². The average molecular weight is 316 g/mol. The summed E-state index contributed by atoms with van der Waals surface area (Å²) in [5.74, 6) is -0.750. The van der Waals surface area contributed by atoms with E-state index in [1.165, 1.54) is 5.56 Å². The Morgan fingerprint density at radius 2 is 1.91 bits per heavy atom. The van der Waals surface area contributed by atoms with Gasteiger partial charge in [0.25, 0.3) is 0 Å². The van der Waals surface area contributed by atoms with Gasteiger partial charge in [0.15, 0.2) is 0 Å². The third-order valence-corrected chi connectivity index (χ3v) is 5.43. The number of nitrogens with zero attached hydrogens (tertiary/aromatic N) is 2. The first kappa shape index (κ1) is 15.8. The van der Waals surface area contributed by atoms with Gasteiger partial charge in [0.1, 0.15) is 0 Å². The average Bonchev–Trinajstić information content (AvgIpc) is 2.60. The summed E-state index contributed by atoms with van der Waals surface area (Å²) in [5.41, 5.74) is 0.485. The minimum atomic E-state index is -0.750. The molecule has 1 aliphatic carbocycles. The van der Waals surface area contributed by atoms with Crippen LogP contribution in [-0.4, -0.2) is 53.1 Å². The highest BCUT2D eigenvalue weighted by Crippen LogP contribution is 2.45. The topological polar surface area (TPSA) is 60.9 Å². The fraction of sp³-hybridized carbons (Fsp3) is 0.556. The van der Waals surface area contributed by atoms with Crippen molar-refractivity contribution >= 4 is 12.0 Å². The minimum Gasteiger partial charge on any atom is -0.481 e. The molecule has 5 nitrogen and oxygen atoms in total. The maximum absolute atomic E-state index is 12.7. The number of carbonyl (C=O) groups is 2. The Labute approximate surface area is 136 Å². The summed E-state index contributed by atoms with van der Waals surface area (Å²) in [7, 11) is 1.81. The standard InChI is InChI=1S/C18H24N2O3/c1-19(12-9-14-5-3-2-4-6-14)17(23)20-13-18(16(21)22)10-7-15(20)8-11-18/h2-6,15H,7-13H2,1H3,(H,21,22). The molecule has 3 fully saturated rings.